The number of para-hydroxylation sites is 1. The van der Waals surface area contributed by atoms with Crippen molar-refractivity contribution in [3.8, 4) is 6.07 Å². The van der Waals surface area contributed by atoms with Crippen molar-refractivity contribution < 1.29 is 0 Å². The van der Waals surface area contributed by atoms with Gasteiger partial charge in [-0.15, -0.1) is 0 Å². The van der Waals surface area contributed by atoms with Crippen LogP contribution in [0.5, 0.6) is 0 Å². The fourth-order valence-electron chi connectivity index (χ4n) is 2.25. The Morgan fingerprint density at radius 2 is 1.95 bits per heavy atom. The van der Waals surface area contributed by atoms with E-state index in [4.69, 9.17) is 5.26 Å². The van der Waals surface area contributed by atoms with Gasteiger partial charge in [-0.1, -0.05) is 18.2 Å². The Kier molecular flexibility index (Phi) is 3.59. The third-order valence-electron chi connectivity index (χ3n) is 3.21. The summed E-state index contributed by atoms with van der Waals surface area (Å²) in [5.41, 5.74) is 4.49. The average Bonchev–Trinajstić information content (AvgIpc) is 2.47. The fourth-order valence-corrected chi connectivity index (χ4v) is 2.72. The first-order chi connectivity index (χ1) is 10.2. The van der Waals surface area contributed by atoms with Gasteiger partial charge in [-0.25, -0.2) is 0 Å². The molecular formula is C17H12BrN3. The highest BCUT2D eigenvalue weighted by Gasteiger charge is 2.05. The van der Waals surface area contributed by atoms with E-state index in [-0.39, 0.29) is 0 Å². The minimum atomic E-state index is 0.622. The van der Waals surface area contributed by atoms with Crippen LogP contribution < -0.4 is 5.32 Å². The van der Waals surface area contributed by atoms with Crippen molar-refractivity contribution >= 4 is 38.2 Å². The molecule has 21 heavy (non-hydrogen) atoms. The SMILES string of the molecule is Cc1cc(Nc2ccc(C#N)c(Br)c2)c2ccccc2n1. The number of hydrogen-bond acceptors (Lipinski definition) is 3. The number of nitrogens with one attached hydrogen (secondary N) is 1. The Balaban J connectivity index is 2.06. The van der Waals surface area contributed by atoms with Crippen LogP contribution >= 0.6 is 15.9 Å². The molecule has 0 radical (unpaired) electrons. The molecule has 0 saturated heterocycles. The van der Waals surface area contributed by atoms with E-state index < -0.39 is 0 Å². The van der Waals surface area contributed by atoms with E-state index in [1.54, 1.807) is 6.07 Å². The number of aromatic nitrogens is 1. The average molecular weight is 338 g/mol. The van der Waals surface area contributed by atoms with Gasteiger partial charge in [-0.3, -0.25) is 4.98 Å². The van der Waals surface area contributed by atoms with Crippen LogP contribution in [0.1, 0.15) is 11.3 Å². The number of rotatable bonds is 2. The number of halogens is 1. The summed E-state index contributed by atoms with van der Waals surface area (Å²) in [7, 11) is 0. The lowest BCUT2D eigenvalue weighted by Crippen LogP contribution is -1.95. The van der Waals surface area contributed by atoms with Crippen LogP contribution in [0.2, 0.25) is 0 Å². The third kappa shape index (κ3) is 2.74. The van der Waals surface area contributed by atoms with E-state index in [1.165, 1.54) is 0 Å². The molecule has 0 spiro atoms. The molecule has 0 saturated carbocycles. The number of anilines is 2. The zero-order valence-corrected chi connectivity index (χ0v) is 13.0. The summed E-state index contributed by atoms with van der Waals surface area (Å²) in [5.74, 6) is 0. The topological polar surface area (TPSA) is 48.7 Å². The summed E-state index contributed by atoms with van der Waals surface area (Å²) in [4.78, 5) is 4.53. The van der Waals surface area contributed by atoms with Crippen LogP contribution in [0, 0.1) is 18.3 Å². The summed E-state index contributed by atoms with van der Waals surface area (Å²) in [6.45, 7) is 1.98. The molecule has 0 fully saturated rings. The first-order valence-electron chi connectivity index (χ1n) is 6.50. The summed E-state index contributed by atoms with van der Waals surface area (Å²) < 4.78 is 0.782. The molecule has 0 aliphatic rings. The van der Waals surface area contributed by atoms with E-state index in [2.05, 4.69) is 32.3 Å². The molecule has 0 aliphatic heterocycles. The van der Waals surface area contributed by atoms with Crippen molar-refractivity contribution in [2.24, 2.45) is 0 Å². The number of nitriles is 1. The first kappa shape index (κ1) is 13.6. The molecule has 4 heteroatoms. The Hall–Kier alpha value is -2.38. The smallest absolute Gasteiger partial charge is 0.100 e. The number of aryl methyl sites for hydroxylation is 1. The van der Waals surface area contributed by atoms with Gasteiger partial charge in [0.05, 0.1) is 11.1 Å². The highest BCUT2D eigenvalue weighted by Crippen LogP contribution is 2.28. The Bertz CT molecular complexity index is 866. The second-order valence-electron chi connectivity index (χ2n) is 4.76. The van der Waals surface area contributed by atoms with Crippen molar-refractivity contribution in [2.45, 2.75) is 6.92 Å². The van der Waals surface area contributed by atoms with E-state index in [9.17, 15) is 0 Å². The maximum atomic E-state index is 8.97. The molecule has 102 valence electrons. The molecular weight excluding hydrogens is 326 g/mol. The van der Waals surface area contributed by atoms with Crippen molar-refractivity contribution in [3.05, 3.63) is 64.3 Å². The zero-order chi connectivity index (χ0) is 14.8. The molecule has 0 bridgehead atoms. The number of benzene rings is 2. The summed E-state index contributed by atoms with van der Waals surface area (Å²) in [6, 6.07) is 17.8. The van der Waals surface area contributed by atoms with Gasteiger partial charge < -0.3 is 5.32 Å². The van der Waals surface area contributed by atoms with Crippen LogP contribution in [0.15, 0.2) is 53.0 Å². The molecule has 2 aromatic carbocycles. The van der Waals surface area contributed by atoms with Crippen LogP contribution in [0.3, 0.4) is 0 Å². The van der Waals surface area contributed by atoms with Crippen molar-refractivity contribution in [1.29, 1.82) is 5.26 Å². The lowest BCUT2D eigenvalue weighted by molar-refractivity contribution is 1.25. The van der Waals surface area contributed by atoms with E-state index in [0.717, 1.165) is 32.4 Å². The standard InChI is InChI=1S/C17H12BrN3/c1-11-8-17(14-4-2-3-5-16(14)20-11)21-13-7-6-12(10-19)15(18)9-13/h2-9H,1H3,(H,20,21). The molecule has 0 unspecified atom stereocenters. The monoisotopic (exact) mass is 337 g/mol. The normalized spacial score (nSPS) is 10.3. The lowest BCUT2D eigenvalue weighted by atomic mass is 10.1. The zero-order valence-electron chi connectivity index (χ0n) is 11.4. The van der Waals surface area contributed by atoms with E-state index in [0.29, 0.717) is 5.56 Å². The first-order valence-corrected chi connectivity index (χ1v) is 7.30. The van der Waals surface area contributed by atoms with Gasteiger partial charge in [0.2, 0.25) is 0 Å². The predicted molar refractivity (Wildman–Crippen MR) is 88.6 cm³/mol. The third-order valence-corrected chi connectivity index (χ3v) is 3.87. The molecule has 0 atom stereocenters. The Morgan fingerprint density at radius 1 is 1.14 bits per heavy atom. The molecule has 0 aliphatic carbocycles. The molecule has 3 aromatic rings. The van der Waals surface area contributed by atoms with E-state index in [1.807, 2.05) is 49.4 Å². The Labute approximate surface area is 131 Å². The summed E-state index contributed by atoms with van der Waals surface area (Å²) in [6.07, 6.45) is 0. The minimum Gasteiger partial charge on any atom is -0.355 e. The van der Waals surface area contributed by atoms with Crippen LogP contribution in [0.4, 0.5) is 11.4 Å². The molecule has 1 aromatic heterocycles. The molecule has 1 N–H and O–H groups in total. The number of hydrogen-bond donors (Lipinski definition) is 1. The summed E-state index contributed by atoms with van der Waals surface area (Å²) >= 11 is 3.41. The van der Waals surface area contributed by atoms with Crippen molar-refractivity contribution in [1.82, 2.24) is 4.98 Å². The van der Waals surface area contributed by atoms with Gasteiger partial charge in [-0.05, 0) is 53.2 Å². The molecule has 1 heterocycles. The van der Waals surface area contributed by atoms with Crippen LogP contribution in [-0.2, 0) is 0 Å². The quantitative estimate of drug-likeness (QED) is 0.721. The van der Waals surface area contributed by atoms with Crippen molar-refractivity contribution in [3.63, 3.8) is 0 Å². The van der Waals surface area contributed by atoms with E-state index >= 15 is 0 Å². The molecule has 0 amide bonds. The molecule has 3 rings (SSSR count). The number of fused-ring (bicyclic) bond motifs is 1. The highest BCUT2D eigenvalue weighted by atomic mass is 79.9. The van der Waals surface area contributed by atoms with Gasteiger partial charge >= 0.3 is 0 Å². The maximum Gasteiger partial charge on any atom is 0.100 e. The van der Waals surface area contributed by atoms with Gasteiger partial charge in [0.25, 0.3) is 0 Å². The number of pyridine rings is 1. The highest BCUT2D eigenvalue weighted by molar-refractivity contribution is 9.10. The fraction of sp³-hybridized carbons (Fsp3) is 0.0588. The molecule has 3 nitrogen and oxygen atoms in total. The Morgan fingerprint density at radius 3 is 2.71 bits per heavy atom. The summed E-state index contributed by atoms with van der Waals surface area (Å²) in [5, 5.41) is 13.4. The second kappa shape index (κ2) is 5.55. The largest absolute Gasteiger partial charge is 0.355 e. The van der Waals surface area contributed by atoms with Crippen molar-refractivity contribution in [2.75, 3.05) is 5.32 Å². The lowest BCUT2D eigenvalue weighted by Gasteiger charge is -2.11. The van der Waals surface area contributed by atoms with Gasteiger partial charge in [-0.2, -0.15) is 5.26 Å². The minimum absolute atomic E-state index is 0.622. The van der Waals surface area contributed by atoms with Crippen LogP contribution in [0.25, 0.3) is 10.9 Å². The van der Waals surface area contributed by atoms with Gasteiger partial charge in [0, 0.05) is 26.9 Å². The maximum absolute atomic E-state index is 8.97. The number of nitrogens with zero attached hydrogens (tertiary/aromatic N) is 2. The van der Waals surface area contributed by atoms with Gasteiger partial charge in [0.15, 0.2) is 0 Å². The van der Waals surface area contributed by atoms with Crippen LogP contribution in [-0.4, -0.2) is 4.98 Å². The second-order valence-corrected chi connectivity index (χ2v) is 5.61. The predicted octanol–water partition coefficient (Wildman–Crippen LogP) is 4.92. The van der Waals surface area contributed by atoms with Gasteiger partial charge in [0.1, 0.15) is 6.07 Å².